The third-order valence-corrected chi connectivity index (χ3v) is 18.7. The van der Waals surface area contributed by atoms with E-state index in [-0.39, 0.29) is 0 Å². The Morgan fingerprint density at radius 1 is 0.310 bits per heavy atom. The molecule has 6 heteroatoms. The number of hydrogen-bond acceptors (Lipinski definition) is 5. The van der Waals surface area contributed by atoms with Gasteiger partial charge in [0.1, 0.15) is 5.65 Å². The molecule has 0 aliphatic rings. The van der Waals surface area contributed by atoms with Crippen LogP contribution in [-0.2, 0) is 0 Å². The summed E-state index contributed by atoms with van der Waals surface area (Å²) in [5.41, 5.74) is 18.5. The maximum Gasteiger partial charge on any atom is 0.146 e. The van der Waals surface area contributed by atoms with E-state index in [1.54, 1.807) is 6.08 Å². The van der Waals surface area contributed by atoms with E-state index in [1.165, 1.54) is 128 Å². The van der Waals surface area contributed by atoms with Crippen molar-refractivity contribution < 1.29 is 0 Å². The van der Waals surface area contributed by atoms with Gasteiger partial charge in [-0.15, -0.1) is 29.3 Å². The zero-order valence-electron chi connectivity index (χ0n) is 45.8. The molecular weight excluding hydrogens is 1060 g/mol. The summed E-state index contributed by atoms with van der Waals surface area (Å²) in [6, 6.07) is 96.0. The van der Waals surface area contributed by atoms with Gasteiger partial charge in [0.2, 0.25) is 0 Å². The fourth-order valence-electron chi connectivity index (χ4n) is 12.9. The molecule has 12 aromatic carbocycles. The van der Waals surface area contributed by atoms with Crippen LogP contribution >= 0.6 is 22.7 Å². The minimum Gasteiger partial charge on any atom is -0.292 e. The molecule has 4 nitrogen and oxygen atoms in total. The predicted molar refractivity (Wildman–Crippen MR) is 363 cm³/mol. The molecule has 6 aromatic heterocycles. The first-order chi connectivity index (χ1) is 41.6. The molecule has 0 aliphatic heterocycles. The zero-order valence-corrected chi connectivity index (χ0v) is 47.4. The Bertz CT molecular complexity index is 5660. The van der Waals surface area contributed by atoms with Gasteiger partial charge < -0.3 is 0 Å². The van der Waals surface area contributed by atoms with Crippen LogP contribution in [-0.4, -0.2) is 19.4 Å². The second-order valence-corrected chi connectivity index (χ2v) is 23.4. The number of thiophene rings is 2. The SMILES string of the molecule is C=CC.c1ccc(-c2c3ccccc3c(-c3ccccc3)c3cc(-c4c5ccccc5nc5c4sc4ccccc45)ccc23)cc1.c1ccc2c(-c3ccc4c(c3)c3ccccc3c3nc5ccccc5n43)c3sc4ccccc4c3nc2c1. The second-order valence-electron chi connectivity index (χ2n) is 21.3. The average molecular weight is 1110 g/mol. The maximum absolute atomic E-state index is 5.18. The van der Waals surface area contributed by atoms with E-state index >= 15 is 0 Å². The predicted octanol–water partition coefficient (Wildman–Crippen LogP) is 22.5. The Morgan fingerprint density at radius 3 is 1.27 bits per heavy atom. The van der Waals surface area contributed by atoms with Crippen LogP contribution in [0.25, 0.3) is 167 Å². The first-order valence-corrected chi connectivity index (χ1v) is 30.0. The largest absolute Gasteiger partial charge is 0.292 e. The molecule has 0 aliphatic carbocycles. The van der Waals surface area contributed by atoms with Gasteiger partial charge in [-0.3, -0.25) is 4.40 Å². The molecule has 0 unspecified atom stereocenters. The van der Waals surface area contributed by atoms with Gasteiger partial charge in [-0.2, -0.15) is 0 Å². The summed E-state index contributed by atoms with van der Waals surface area (Å²) in [7, 11) is 0. The Kier molecular flexibility index (Phi) is 11.9. The molecule has 18 rings (SSSR count). The molecule has 0 atom stereocenters. The third kappa shape index (κ3) is 7.90. The van der Waals surface area contributed by atoms with Gasteiger partial charge in [0.05, 0.1) is 48.0 Å². The number of fused-ring (bicyclic) bond motifs is 18. The summed E-state index contributed by atoms with van der Waals surface area (Å²) in [5.74, 6) is 0. The van der Waals surface area contributed by atoms with Gasteiger partial charge in [-0.05, 0) is 122 Å². The number of para-hydroxylation sites is 4. The quantitative estimate of drug-likeness (QED) is 0.100. The van der Waals surface area contributed by atoms with Crippen LogP contribution in [0.15, 0.2) is 280 Å². The van der Waals surface area contributed by atoms with Crippen LogP contribution in [0, 0.1) is 0 Å². The maximum atomic E-state index is 5.18. The van der Waals surface area contributed by atoms with Crippen molar-refractivity contribution in [3.63, 3.8) is 0 Å². The smallest absolute Gasteiger partial charge is 0.146 e. The van der Waals surface area contributed by atoms with Gasteiger partial charge in [-0.1, -0.05) is 218 Å². The normalized spacial score (nSPS) is 11.7. The molecule has 6 heterocycles. The molecule has 0 saturated carbocycles. The monoisotopic (exact) mass is 1110 g/mol. The zero-order chi connectivity index (χ0) is 55.8. The highest BCUT2D eigenvalue weighted by Crippen LogP contribution is 2.49. The summed E-state index contributed by atoms with van der Waals surface area (Å²) in [6.45, 7) is 5.25. The van der Waals surface area contributed by atoms with Crippen LogP contribution in [0.1, 0.15) is 6.92 Å². The van der Waals surface area contributed by atoms with Crippen molar-refractivity contribution in [1.82, 2.24) is 19.4 Å². The number of allylic oxidation sites excluding steroid dienone is 1. The lowest BCUT2D eigenvalue weighted by Crippen LogP contribution is -1.93. The average Bonchev–Trinajstić information content (AvgIpc) is 1.56. The van der Waals surface area contributed by atoms with Crippen LogP contribution in [0.4, 0.5) is 0 Å². The second kappa shape index (κ2) is 20.3. The van der Waals surface area contributed by atoms with Crippen molar-refractivity contribution in [3.8, 4) is 44.5 Å². The molecule has 0 bridgehead atoms. The number of aromatic nitrogens is 4. The lowest BCUT2D eigenvalue weighted by atomic mass is 9.84. The first-order valence-electron chi connectivity index (χ1n) is 28.4. The number of rotatable bonds is 4. The Balaban J connectivity index is 0.000000132. The molecule has 394 valence electrons. The summed E-state index contributed by atoms with van der Waals surface area (Å²) >= 11 is 3.68. The minimum atomic E-state index is 1.00. The van der Waals surface area contributed by atoms with Gasteiger partial charge in [0.25, 0.3) is 0 Å². The van der Waals surface area contributed by atoms with Gasteiger partial charge in [0, 0.05) is 52.8 Å². The Labute approximate surface area is 492 Å². The van der Waals surface area contributed by atoms with Crippen molar-refractivity contribution in [2.24, 2.45) is 0 Å². The number of hydrogen-bond donors (Lipinski definition) is 0. The highest BCUT2D eigenvalue weighted by molar-refractivity contribution is 7.26. The van der Waals surface area contributed by atoms with Crippen LogP contribution < -0.4 is 0 Å². The molecule has 0 fully saturated rings. The summed E-state index contributed by atoms with van der Waals surface area (Å²) in [5, 5.41) is 13.5. The number of benzene rings is 12. The molecule has 0 amide bonds. The van der Waals surface area contributed by atoms with E-state index in [2.05, 4.69) is 278 Å². The van der Waals surface area contributed by atoms with Gasteiger partial charge in [-0.25, -0.2) is 15.0 Å². The molecular formula is C78H50N4S2. The Hall–Kier alpha value is -10.4. The van der Waals surface area contributed by atoms with Gasteiger partial charge in [0.15, 0.2) is 0 Å². The van der Waals surface area contributed by atoms with Crippen LogP contribution in [0.5, 0.6) is 0 Å². The topological polar surface area (TPSA) is 43.1 Å². The number of pyridine rings is 3. The van der Waals surface area contributed by atoms with Crippen LogP contribution in [0.2, 0.25) is 0 Å². The standard InChI is InChI=1S/C41H25NS.C34H19N3S.C3H6/c1-3-13-26(14-4-1)37-29-17-7-8-18-30(29)38(27-15-5-2-6-16-27)34-25-28(23-24-31(34)37)39-32-19-9-11-21-35(32)42-40-33-20-10-12-22-36(33)43-41(39)40;1-2-10-22-21(9-1)25-19-20(17-18-28(25)37-29-15-7-6-14-27(29)36-34(22)37)31-23-11-3-5-13-26(23)35-32-24-12-4-8-16-30(24)38-33(31)32;1-3-2/h1-25H;1-19H;3H,1H2,2H3. The summed E-state index contributed by atoms with van der Waals surface area (Å²) in [6.07, 6.45) is 1.75. The van der Waals surface area contributed by atoms with E-state index < -0.39 is 0 Å². The van der Waals surface area contributed by atoms with E-state index in [4.69, 9.17) is 15.0 Å². The summed E-state index contributed by atoms with van der Waals surface area (Å²) in [4.78, 5) is 15.4. The molecule has 0 saturated heterocycles. The highest BCUT2D eigenvalue weighted by Gasteiger charge is 2.22. The van der Waals surface area contributed by atoms with E-state index in [1.807, 2.05) is 29.6 Å². The molecule has 18 aromatic rings. The van der Waals surface area contributed by atoms with Crippen molar-refractivity contribution in [2.75, 3.05) is 0 Å². The lowest BCUT2D eigenvalue weighted by Gasteiger charge is -2.19. The van der Waals surface area contributed by atoms with E-state index in [0.717, 1.165) is 38.7 Å². The van der Waals surface area contributed by atoms with Gasteiger partial charge >= 0.3 is 0 Å². The third-order valence-electron chi connectivity index (χ3n) is 16.4. The van der Waals surface area contributed by atoms with E-state index in [0.29, 0.717) is 0 Å². The fraction of sp³-hybridized carbons (Fsp3) is 0.0128. The minimum absolute atomic E-state index is 1.00. The van der Waals surface area contributed by atoms with Crippen molar-refractivity contribution >= 4 is 145 Å². The Morgan fingerprint density at radius 2 is 0.714 bits per heavy atom. The molecule has 0 spiro atoms. The van der Waals surface area contributed by atoms with Crippen molar-refractivity contribution in [3.05, 3.63) is 280 Å². The highest BCUT2D eigenvalue weighted by atomic mass is 32.1. The number of nitrogens with zero attached hydrogens (tertiary/aromatic N) is 4. The number of imidazole rings is 1. The first kappa shape index (κ1) is 49.4. The molecule has 0 radical (unpaired) electrons. The summed E-state index contributed by atoms with van der Waals surface area (Å²) < 4.78 is 7.33. The van der Waals surface area contributed by atoms with Crippen LogP contribution in [0.3, 0.4) is 0 Å². The van der Waals surface area contributed by atoms with Crippen molar-refractivity contribution in [2.45, 2.75) is 6.92 Å². The lowest BCUT2D eigenvalue weighted by molar-refractivity contribution is 1.31. The fourth-order valence-corrected chi connectivity index (χ4v) is 15.3. The molecule has 0 N–H and O–H groups in total. The molecule has 84 heavy (non-hydrogen) atoms. The van der Waals surface area contributed by atoms with E-state index in [9.17, 15) is 0 Å². The van der Waals surface area contributed by atoms with Crippen molar-refractivity contribution in [1.29, 1.82) is 0 Å².